The van der Waals surface area contributed by atoms with Gasteiger partial charge in [0.2, 0.25) is 0 Å². The van der Waals surface area contributed by atoms with Crippen molar-refractivity contribution in [1.29, 1.82) is 0 Å². The number of imidazole rings is 1. The third kappa shape index (κ3) is 4.00. The van der Waals surface area contributed by atoms with E-state index in [4.69, 9.17) is 21.3 Å². The Morgan fingerprint density at radius 3 is 2.60 bits per heavy atom. The van der Waals surface area contributed by atoms with Crippen LogP contribution in [0, 0.1) is 13.8 Å². The Morgan fingerprint density at radius 1 is 1.10 bits per heavy atom. The minimum Gasteiger partial charge on any atom is -0.497 e. The molecule has 7 heteroatoms. The summed E-state index contributed by atoms with van der Waals surface area (Å²) in [5.74, 6) is 1.44. The number of methoxy groups -OCH3 is 1. The van der Waals surface area contributed by atoms with Crippen molar-refractivity contribution in [2.24, 2.45) is 0 Å². The average Bonchev–Trinajstić information content (AvgIpc) is 3.03. The van der Waals surface area contributed by atoms with Crippen LogP contribution in [-0.4, -0.2) is 27.6 Å². The zero-order valence-electron chi connectivity index (χ0n) is 16.9. The van der Waals surface area contributed by atoms with Gasteiger partial charge >= 0.3 is 0 Å². The summed E-state index contributed by atoms with van der Waals surface area (Å²) in [6.45, 7) is 4.45. The van der Waals surface area contributed by atoms with Crippen LogP contribution in [0.2, 0.25) is 5.02 Å². The van der Waals surface area contributed by atoms with Gasteiger partial charge in [0.25, 0.3) is 5.91 Å². The van der Waals surface area contributed by atoms with Gasteiger partial charge in [0.15, 0.2) is 5.65 Å². The molecule has 4 rings (SSSR count). The summed E-state index contributed by atoms with van der Waals surface area (Å²) in [5, 5.41) is 3.51. The number of fused-ring (bicyclic) bond motifs is 1. The summed E-state index contributed by atoms with van der Waals surface area (Å²) >= 11 is 5.90. The maximum Gasteiger partial charge on any atom is 0.255 e. The molecule has 0 fully saturated rings. The number of nitrogens with zero attached hydrogens (tertiary/aromatic N) is 3. The van der Waals surface area contributed by atoms with E-state index in [2.05, 4.69) is 14.9 Å². The highest BCUT2D eigenvalue weighted by atomic mass is 35.5. The molecule has 0 aliphatic rings. The number of carbonyl (C=O) groups excluding carboxylic acids is 1. The van der Waals surface area contributed by atoms with Crippen LogP contribution in [0.4, 0.5) is 5.69 Å². The highest BCUT2D eigenvalue weighted by Gasteiger charge is 2.15. The van der Waals surface area contributed by atoms with Gasteiger partial charge < -0.3 is 14.6 Å². The number of benzene rings is 2. The maximum absolute atomic E-state index is 12.6. The number of hydrogen-bond donors (Lipinski definition) is 1. The highest BCUT2D eigenvalue weighted by molar-refractivity contribution is 6.30. The van der Waals surface area contributed by atoms with E-state index in [-0.39, 0.29) is 5.91 Å². The van der Waals surface area contributed by atoms with Gasteiger partial charge in [-0.15, -0.1) is 0 Å². The van der Waals surface area contributed by atoms with Gasteiger partial charge in [-0.2, -0.15) is 0 Å². The number of amides is 1. The first kappa shape index (κ1) is 19.9. The predicted molar refractivity (Wildman–Crippen MR) is 119 cm³/mol. The molecule has 30 heavy (non-hydrogen) atoms. The molecule has 0 saturated heterocycles. The number of pyridine rings is 1. The van der Waals surface area contributed by atoms with Crippen molar-refractivity contribution in [1.82, 2.24) is 14.5 Å². The predicted octanol–water partition coefficient (Wildman–Crippen LogP) is 5.01. The van der Waals surface area contributed by atoms with E-state index in [1.807, 2.05) is 44.2 Å². The fourth-order valence-corrected chi connectivity index (χ4v) is 3.44. The lowest BCUT2D eigenvalue weighted by molar-refractivity contribution is 0.102. The standard InChI is InChI=1S/C23H21ClN4O2/c1-14-20(27-23(29)17-7-9-18(24)10-8-17)12-21-22(25-14)28(15(2)26-21)13-16-5-4-6-19(11-16)30-3/h4-12H,13H2,1-3H3,(H,27,29). The molecule has 0 aliphatic heterocycles. The number of aromatic nitrogens is 3. The molecule has 2 aromatic heterocycles. The number of halogens is 1. The molecule has 0 atom stereocenters. The minimum absolute atomic E-state index is 0.219. The fourth-order valence-electron chi connectivity index (χ4n) is 3.32. The molecule has 6 nitrogen and oxygen atoms in total. The molecule has 0 aliphatic carbocycles. The number of anilines is 1. The molecule has 0 saturated carbocycles. The molecule has 0 unspecified atom stereocenters. The first-order chi connectivity index (χ1) is 14.4. The van der Waals surface area contributed by atoms with Crippen molar-refractivity contribution in [3.05, 3.63) is 82.3 Å². The van der Waals surface area contributed by atoms with E-state index in [9.17, 15) is 4.79 Å². The summed E-state index contributed by atoms with van der Waals surface area (Å²) < 4.78 is 7.38. The molecule has 0 spiro atoms. The van der Waals surface area contributed by atoms with Crippen LogP contribution in [0.25, 0.3) is 11.2 Å². The molecule has 2 aromatic carbocycles. The SMILES string of the molecule is COc1cccc(Cn2c(C)nc3cc(NC(=O)c4ccc(Cl)cc4)c(C)nc32)c1. The van der Waals surface area contributed by atoms with Gasteiger partial charge in [0, 0.05) is 10.6 Å². The smallest absolute Gasteiger partial charge is 0.255 e. The van der Waals surface area contributed by atoms with Crippen molar-refractivity contribution >= 4 is 34.4 Å². The summed E-state index contributed by atoms with van der Waals surface area (Å²) in [5.41, 5.74) is 4.48. The van der Waals surface area contributed by atoms with Crippen molar-refractivity contribution in [3.8, 4) is 5.75 Å². The Hall–Kier alpha value is -3.38. The quantitative estimate of drug-likeness (QED) is 0.492. The minimum atomic E-state index is -0.219. The maximum atomic E-state index is 12.6. The van der Waals surface area contributed by atoms with Crippen LogP contribution >= 0.6 is 11.6 Å². The Kier molecular flexibility index (Phi) is 5.42. The van der Waals surface area contributed by atoms with E-state index >= 15 is 0 Å². The van der Waals surface area contributed by atoms with Gasteiger partial charge in [-0.1, -0.05) is 23.7 Å². The van der Waals surface area contributed by atoms with Crippen LogP contribution in [0.3, 0.4) is 0 Å². The van der Waals surface area contributed by atoms with Crippen molar-refractivity contribution in [3.63, 3.8) is 0 Å². The number of ether oxygens (including phenoxy) is 1. The molecule has 1 N–H and O–H groups in total. The first-order valence-corrected chi connectivity index (χ1v) is 9.86. The second-order valence-corrected chi connectivity index (χ2v) is 7.46. The Labute approximate surface area is 179 Å². The fraction of sp³-hybridized carbons (Fsp3) is 0.174. The second kappa shape index (κ2) is 8.16. The number of hydrogen-bond acceptors (Lipinski definition) is 4. The monoisotopic (exact) mass is 420 g/mol. The topological polar surface area (TPSA) is 69.0 Å². The molecular formula is C23H21ClN4O2. The van der Waals surface area contributed by atoms with Crippen LogP contribution in [0.1, 0.15) is 27.4 Å². The molecular weight excluding hydrogens is 400 g/mol. The molecule has 152 valence electrons. The lowest BCUT2D eigenvalue weighted by atomic mass is 10.2. The molecule has 0 bridgehead atoms. The second-order valence-electron chi connectivity index (χ2n) is 7.02. The van der Waals surface area contributed by atoms with Crippen molar-refractivity contribution < 1.29 is 9.53 Å². The van der Waals surface area contributed by atoms with E-state index in [1.165, 1.54) is 0 Å². The lowest BCUT2D eigenvalue weighted by Gasteiger charge is -2.10. The van der Waals surface area contributed by atoms with Crippen LogP contribution in [0.5, 0.6) is 5.75 Å². The molecule has 2 heterocycles. The summed E-state index contributed by atoms with van der Waals surface area (Å²) in [7, 11) is 1.65. The summed E-state index contributed by atoms with van der Waals surface area (Å²) in [6.07, 6.45) is 0. The van der Waals surface area contributed by atoms with Gasteiger partial charge in [-0.05, 0) is 61.9 Å². The van der Waals surface area contributed by atoms with Gasteiger partial charge in [0.05, 0.1) is 25.0 Å². The number of nitrogens with one attached hydrogen (secondary N) is 1. The largest absolute Gasteiger partial charge is 0.497 e. The molecule has 4 aromatic rings. The third-order valence-electron chi connectivity index (χ3n) is 4.93. The molecule has 0 radical (unpaired) electrons. The normalized spacial score (nSPS) is 10.9. The molecule has 1 amide bonds. The Bertz CT molecular complexity index is 1230. The Balaban J connectivity index is 1.64. The van der Waals surface area contributed by atoms with Crippen LogP contribution < -0.4 is 10.1 Å². The number of carbonyl (C=O) groups is 1. The lowest BCUT2D eigenvalue weighted by Crippen LogP contribution is -2.13. The average molecular weight is 421 g/mol. The van der Waals surface area contributed by atoms with Crippen LogP contribution in [0.15, 0.2) is 54.6 Å². The number of rotatable bonds is 5. The van der Waals surface area contributed by atoms with E-state index in [0.29, 0.717) is 22.8 Å². The summed E-state index contributed by atoms with van der Waals surface area (Å²) in [6, 6.07) is 16.5. The van der Waals surface area contributed by atoms with Crippen molar-refractivity contribution in [2.45, 2.75) is 20.4 Å². The van der Waals surface area contributed by atoms with Crippen LogP contribution in [-0.2, 0) is 6.54 Å². The zero-order chi connectivity index (χ0) is 21.3. The highest BCUT2D eigenvalue weighted by Crippen LogP contribution is 2.24. The van der Waals surface area contributed by atoms with E-state index in [0.717, 1.165) is 34.0 Å². The summed E-state index contributed by atoms with van der Waals surface area (Å²) in [4.78, 5) is 21.9. The van der Waals surface area contributed by atoms with Gasteiger partial charge in [0.1, 0.15) is 17.1 Å². The van der Waals surface area contributed by atoms with Gasteiger partial charge in [-0.25, -0.2) is 9.97 Å². The zero-order valence-corrected chi connectivity index (χ0v) is 17.7. The van der Waals surface area contributed by atoms with E-state index < -0.39 is 0 Å². The first-order valence-electron chi connectivity index (χ1n) is 9.49. The third-order valence-corrected chi connectivity index (χ3v) is 5.18. The number of aryl methyl sites for hydroxylation is 2. The van der Waals surface area contributed by atoms with Crippen molar-refractivity contribution in [2.75, 3.05) is 12.4 Å². The van der Waals surface area contributed by atoms with E-state index in [1.54, 1.807) is 31.4 Å². The van der Waals surface area contributed by atoms with Gasteiger partial charge in [-0.3, -0.25) is 4.79 Å². The Morgan fingerprint density at radius 2 is 1.87 bits per heavy atom.